The summed E-state index contributed by atoms with van der Waals surface area (Å²) in [5, 5.41) is 0. The van der Waals surface area contributed by atoms with Gasteiger partial charge in [0.15, 0.2) is 0 Å². The van der Waals surface area contributed by atoms with Gasteiger partial charge < -0.3 is 0 Å². The van der Waals surface area contributed by atoms with E-state index in [0.717, 1.165) is 24.2 Å². The van der Waals surface area contributed by atoms with Crippen molar-refractivity contribution in [3.8, 4) is 0 Å². The van der Waals surface area contributed by atoms with Crippen LogP contribution in [0.5, 0.6) is 0 Å². The van der Waals surface area contributed by atoms with Crippen LogP contribution in [0.3, 0.4) is 0 Å². The third kappa shape index (κ3) is 18.6. The van der Waals surface area contributed by atoms with Gasteiger partial charge >= 0.3 is 0 Å². The quantitative estimate of drug-likeness (QED) is 0.147. The maximum atomic E-state index is 3.88. The SMILES string of the molecule is C=C(C)C1CCC1.CC/C(=C\C=C(/C)CC1=CC=C(C)C(C)C1)C1CC1.CCCCC.CCCCCC. The summed E-state index contributed by atoms with van der Waals surface area (Å²) in [6.07, 6.45) is 29.6. The molecule has 0 heteroatoms. The molecule has 3 aliphatic carbocycles. The lowest BCUT2D eigenvalue weighted by Gasteiger charge is -2.25. The Kier molecular flexibility index (Phi) is 21.9. The first-order chi connectivity index (χ1) is 17.7. The lowest BCUT2D eigenvalue weighted by Crippen LogP contribution is -2.10. The van der Waals surface area contributed by atoms with Crippen molar-refractivity contribution in [2.75, 3.05) is 0 Å². The van der Waals surface area contributed by atoms with Crippen LogP contribution in [0.25, 0.3) is 0 Å². The van der Waals surface area contributed by atoms with Crippen molar-refractivity contribution in [1.82, 2.24) is 0 Å². The Balaban J connectivity index is 0.000000587. The van der Waals surface area contributed by atoms with E-state index in [2.05, 4.69) is 93.2 Å². The first-order valence-electron chi connectivity index (χ1n) is 16.1. The smallest absolute Gasteiger partial charge is 0.0105 e. The van der Waals surface area contributed by atoms with Gasteiger partial charge in [0, 0.05) is 0 Å². The van der Waals surface area contributed by atoms with E-state index >= 15 is 0 Å². The predicted octanol–water partition coefficient (Wildman–Crippen LogP) is 13.1. The molecule has 3 aliphatic rings. The summed E-state index contributed by atoms with van der Waals surface area (Å²) in [5.41, 5.74) is 7.64. The van der Waals surface area contributed by atoms with Crippen molar-refractivity contribution in [2.45, 2.75) is 159 Å². The summed E-state index contributed by atoms with van der Waals surface area (Å²) in [5.74, 6) is 2.52. The molecule has 0 bridgehead atoms. The van der Waals surface area contributed by atoms with Crippen LogP contribution < -0.4 is 0 Å². The van der Waals surface area contributed by atoms with Crippen molar-refractivity contribution in [2.24, 2.45) is 17.8 Å². The van der Waals surface area contributed by atoms with E-state index in [0.29, 0.717) is 0 Å². The van der Waals surface area contributed by atoms with Gasteiger partial charge in [-0.3, -0.25) is 0 Å². The van der Waals surface area contributed by atoms with E-state index in [-0.39, 0.29) is 0 Å². The zero-order chi connectivity index (χ0) is 28.1. The van der Waals surface area contributed by atoms with E-state index < -0.39 is 0 Å². The highest BCUT2D eigenvalue weighted by molar-refractivity contribution is 5.30. The molecule has 0 aromatic rings. The number of rotatable bonds is 11. The van der Waals surface area contributed by atoms with Gasteiger partial charge in [0.2, 0.25) is 0 Å². The Bertz CT molecular complexity index is 696. The zero-order valence-corrected chi connectivity index (χ0v) is 26.9. The molecule has 0 saturated heterocycles. The van der Waals surface area contributed by atoms with Crippen molar-refractivity contribution in [3.63, 3.8) is 0 Å². The van der Waals surface area contributed by atoms with Crippen LogP contribution in [0.15, 0.2) is 58.7 Å². The van der Waals surface area contributed by atoms with E-state index in [1.807, 2.05) is 0 Å². The van der Waals surface area contributed by atoms with Crippen LogP contribution in [0, 0.1) is 17.8 Å². The lowest BCUT2D eigenvalue weighted by atomic mass is 9.81. The molecule has 1 atom stereocenters. The molecule has 214 valence electrons. The molecule has 0 aromatic carbocycles. The molecule has 0 heterocycles. The summed E-state index contributed by atoms with van der Waals surface area (Å²) in [6, 6.07) is 0. The second-order valence-corrected chi connectivity index (χ2v) is 11.9. The average molecular weight is 511 g/mol. The molecule has 0 aliphatic heterocycles. The monoisotopic (exact) mass is 511 g/mol. The fraction of sp³-hybridized carbons (Fsp3) is 0.730. The number of unbranched alkanes of at least 4 members (excludes halogenated alkanes) is 5. The molecular formula is C37H66. The largest absolute Gasteiger partial charge is 0.0999 e. The molecule has 2 saturated carbocycles. The van der Waals surface area contributed by atoms with Crippen LogP contribution in [-0.2, 0) is 0 Å². The normalized spacial score (nSPS) is 19.5. The summed E-state index contributed by atoms with van der Waals surface area (Å²) < 4.78 is 0. The fourth-order valence-corrected chi connectivity index (χ4v) is 4.58. The van der Waals surface area contributed by atoms with Crippen LogP contribution in [0.2, 0.25) is 0 Å². The molecule has 1 unspecified atom stereocenters. The summed E-state index contributed by atoms with van der Waals surface area (Å²) in [7, 11) is 0. The van der Waals surface area contributed by atoms with Crippen LogP contribution in [0.4, 0.5) is 0 Å². The maximum Gasteiger partial charge on any atom is -0.0105 e. The molecule has 0 radical (unpaired) electrons. The number of hydrogen-bond donors (Lipinski definition) is 0. The standard InChI is InChI=1S/C19H28.C7H12.C6H14.C5H12/c1-5-18(19-10-11-19)9-6-14(2)12-17-8-7-15(3)16(4)13-17;1-6(2)7-4-3-5-7;1-3-5-6-4-2;1-3-5-4-2/h6-9,16,19H,5,10-13H2,1-4H3;7H,1,3-5H2,2H3;3-6H2,1-2H3;3-5H2,1-2H3/b14-6+,18-9+;;;. The van der Waals surface area contributed by atoms with Gasteiger partial charge in [-0.25, -0.2) is 0 Å². The summed E-state index contributed by atoms with van der Waals surface area (Å²) in [6.45, 7) is 24.0. The highest BCUT2D eigenvalue weighted by Gasteiger charge is 2.24. The highest BCUT2D eigenvalue weighted by atomic mass is 14.3. The minimum absolute atomic E-state index is 0.723. The van der Waals surface area contributed by atoms with Crippen LogP contribution in [-0.4, -0.2) is 0 Å². The van der Waals surface area contributed by atoms with E-state index in [9.17, 15) is 0 Å². The number of allylic oxidation sites excluding steroid dienone is 9. The Labute approximate surface area is 234 Å². The van der Waals surface area contributed by atoms with Crippen molar-refractivity contribution < 1.29 is 0 Å². The van der Waals surface area contributed by atoms with Crippen LogP contribution in [0.1, 0.15) is 159 Å². The number of hydrogen-bond acceptors (Lipinski definition) is 0. The second kappa shape index (κ2) is 22.7. The molecule has 0 amide bonds. The van der Waals surface area contributed by atoms with E-state index in [1.54, 1.807) is 11.1 Å². The van der Waals surface area contributed by atoms with Gasteiger partial charge in [0.25, 0.3) is 0 Å². The second-order valence-electron chi connectivity index (χ2n) is 11.9. The Morgan fingerprint density at radius 1 is 0.811 bits per heavy atom. The average Bonchev–Trinajstić information content (AvgIpc) is 3.66. The first kappa shape index (κ1) is 35.7. The minimum Gasteiger partial charge on any atom is -0.0999 e. The van der Waals surface area contributed by atoms with Gasteiger partial charge in [-0.15, -0.1) is 0 Å². The first-order valence-corrected chi connectivity index (χ1v) is 16.1. The predicted molar refractivity (Wildman–Crippen MR) is 172 cm³/mol. The third-order valence-electron chi connectivity index (χ3n) is 7.99. The molecule has 3 rings (SSSR count). The fourth-order valence-electron chi connectivity index (χ4n) is 4.58. The maximum absolute atomic E-state index is 3.88. The van der Waals surface area contributed by atoms with E-state index in [4.69, 9.17) is 0 Å². The Morgan fingerprint density at radius 2 is 1.38 bits per heavy atom. The molecule has 0 N–H and O–H groups in total. The van der Waals surface area contributed by atoms with Crippen molar-refractivity contribution >= 4 is 0 Å². The highest BCUT2D eigenvalue weighted by Crippen LogP contribution is 2.38. The van der Waals surface area contributed by atoms with Gasteiger partial charge in [-0.2, -0.15) is 0 Å². The topological polar surface area (TPSA) is 0 Å². The van der Waals surface area contributed by atoms with E-state index in [1.165, 1.54) is 107 Å². The molecule has 37 heavy (non-hydrogen) atoms. The Hall–Kier alpha value is -1.30. The van der Waals surface area contributed by atoms with Gasteiger partial charge in [-0.05, 0) is 83.5 Å². The molecular weight excluding hydrogens is 444 g/mol. The summed E-state index contributed by atoms with van der Waals surface area (Å²) >= 11 is 0. The lowest BCUT2D eigenvalue weighted by molar-refractivity contribution is 0.369. The zero-order valence-electron chi connectivity index (χ0n) is 26.9. The van der Waals surface area contributed by atoms with Gasteiger partial charge in [-0.1, -0.05) is 152 Å². The summed E-state index contributed by atoms with van der Waals surface area (Å²) in [4.78, 5) is 0. The molecule has 0 aromatic heterocycles. The Morgan fingerprint density at radius 3 is 1.70 bits per heavy atom. The van der Waals surface area contributed by atoms with Crippen molar-refractivity contribution in [1.29, 1.82) is 0 Å². The van der Waals surface area contributed by atoms with Crippen molar-refractivity contribution in [3.05, 3.63) is 58.7 Å². The molecule has 2 fully saturated rings. The van der Waals surface area contributed by atoms with Gasteiger partial charge in [0.05, 0.1) is 0 Å². The van der Waals surface area contributed by atoms with Gasteiger partial charge in [0.1, 0.15) is 0 Å². The van der Waals surface area contributed by atoms with Crippen LogP contribution >= 0.6 is 0 Å². The minimum atomic E-state index is 0.723. The molecule has 0 nitrogen and oxygen atoms in total. The third-order valence-corrected chi connectivity index (χ3v) is 7.99. The molecule has 0 spiro atoms.